The second kappa shape index (κ2) is 8.47. The highest BCUT2D eigenvalue weighted by molar-refractivity contribution is 5.38. The van der Waals surface area contributed by atoms with Gasteiger partial charge in [0.2, 0.25) is 0 Å². The Labute approximate surface area is 151 Å². The lowest BCUT2D eigenvalue weighted by atomic mass is 9.79. The van der Waals surface area contributed by atoms with E-state index < -0.39 is 0 Å². The Bertz CT molecular complexity index is 742. The fourth-order valence-corrected chi connectivity index (χ4v) is 3.99. The summed E-state index contributed by atoms with van der Waals surface area (Å²) in [6.07, 6.45) is 11.6. The van der Waals surface area contributed by atoms with E-state index in [-0.39, 0.29) is 5.82 Å². The molecule has 2 aromatic rings. The van der Waals surface area contributed by atoms with E-state index in [0.29, 0.717) is 5.92 Å². The second-order valence-electron chi connectivity index (χ2n) is 7.26. The number of fused-ring (bicyclic) bond motifs is 1. The molecule has 0 aliphatic heterocycles. The molecule has 0 aromatic heterocycles. The van der Waals surface area contributed by atoms with Crippen LogP contribution in [0.15, 0.2) is 48.6 Å². The molecule has 2 aromatic carbocycles. The van der Waals surface area contributed by atoms with Crippen molar-refractivity contribution in [3.05, 3.63) is 82.2 Å². The molecule has 1 atom stereocenters. The van der Waals surface area contributed by atoms with Crippen molar-refractivity contribution in [2.75, 3.05) is 0 Å². The zero-order valence-electron chi connectivity index (χ0n) is 15.5. The Balaban J connectivity index is 1.73. The van der Waals surface area contributed by atoms with Gasteiger partial charge in [-0.1, -0.05) is 55.8 Å². The molecular weight excluding hydrogens is 307 g/mol. The van der Waals surface area contributed by atoms with Gasteiger partial charge in [0.15, 0.2) is 0 Å². The van der Waals surface area contributed by atoms with Crippen molar-refractivity contribution in [2.24, 2.45) is 0 Å². The predicted molar refractivity (Wildman–Crippen MR) is 105 cm³/mol. The molecule has 25 heavy (non-hydrogen) atoms. The van der Waals surface area contributed by atoms with Crippen LogP contribution in [-0.4, -0.2) is 0 Å². The Kier molecular flexibility index (Phi) is 6.07. The molecule has 132 valence electrons. The monoisotopic (exact) mass is 336 g/mol. The summed E-state index contributed by atoms with van der Waals surface area (Å²) in [4.78, 5) is 0. The average molecular weight is 336 g/mol. The molecule has 0 amide bonds. The average Bonchev–Trinajstić information content (AvgIpc) is 2.62. The van der Waals surface area contributed by atoms with Crippen molar-refractivity contribution in [1.29, 1.82) is 0 Å². The van der Waals surface area contributed by atoms with E-state index in [1.54, 1.807) is 6.07 Å². The standard InChI is InChI=1S/C24H29F/c1-3-5-6-8-19-9-11-21-17-22(13-12-20(21)15-19)23-14-10-18(7-4-2)16-24(23)25/h3,5,9-11,14-16,22H,4,6-8,12-13,17H2,1-2H3/b5-3+. The van der Waals surface area contributed by atoms with Crippen LogP contribution in [0.2, 0.25) is 0 Å². The van der Waals surface area contributed by atoms with Crippen molar-refractivity contribution in [2.45, 2.75) is 64.7 Å². The van der Waals surface area contributed by atoms with Gasteiger partial charge in [-0.2, -0.15) is 0 Å². The van der Waals surface area contributed by atoms with E-state index in [1.807, 2.05) is 6.07 Å². The number of allylic oxidation sites excluding steroid dienone is 2. The van der Waals surface area contributed by atoms with Crippen molar-refractivity contribution < 1.29 is 4.39 Å². The topological polar surface area (TPSA) is 0 Å². The third-order valence-electron chi connectivity index (χ3n) is 5.38. The maximum atomic E-state index is 14.6. The van der Waals surface area contributed by atoms with Gasteiger partial charge in [0.1, 0.15) is 5.82 Å². The SMILES string of the molecule is C/C=C/CCc1ccc2c(c1)CCC(c1ccc(CCC)cc1F)C2. The molecule has 1 heteroatoms. The summed E-state index contributed by atoms with van der Waals surface area (Å²) in [5.41, 5.74) is 6.32. The van der Waals surface area contributed by atoms with Crippen LogP contribution in [0, 0.1) is 5.82 Å². The molecule has 0 nitrogen and oxygen atoms in total. The van der Waals surface area contributed by atoms with E-state index >= 15 is 0 Å². The van der Waals surface area contributed by atoms with Crippen molar-refractivity contribution in [3.8, 4) is 0 Å². The normalized spacial score (nSPS) is 17.0. The molecular formula is C24H29F. The number of hydrogen-bond donors (Lipinski definition) is 0. The van der Waals surface area contributed by atoms with Gasteiger partial charge in [-0.3, -0.25) is 0 Å². The molecule has 1 aliphatic carbocycles. The van der Waals surface area contributed by atoms with Crippen LogP contribution in [0.25, 0.3) is 0 Å². The Morgan fingerprint density at radius 1 is 1.04 bits per heavy atom. The molecule has 1 unspecified atom stereocenters. The summed E-state index contributed by atoms with van der Waals surface area (Å²) < 4.78 is 14.6. The summed E-state index contributed by atoms with van der Waals surface area (Å²) in [6, 6.07) is 12.8. The highest BCUT2D eigenvalue weighted by atomic mass is 19.1. The number of halogens is 1. The zero-order valence-corrected chi connectivity index (χ0v) is 15.5. The largest absolute Gasteiger partial charge is 0.207 e. The molecule has 0 radical (unpaired) electrons. The summed E-state index contributed by atoms with van der Waals surface area (Å²) in [7, 11) is 0. The van der Waals surface area contributed by atoms with Crippen LogP contribution < -0.4 is 0 Å². The summed E-state index contributed by atoms with van der Waals surface area (Å²) in [5, 5.41) is 0. The van der Waals surface area contributed by atoms with Gasteiger partial charge in [0.25, 0.3) is 0 Å². The lowest BCUT2D eigenvalue weighted by Gasteiger charge is -2.26. The van der Waals surface area contributed by atoms with Crippen LogP contribution in [0.3, 0.4) is 0 Å². The van der Waals surface area contributed by atoms with Gasteiger partial charge in [-0.05, 0) is 85.3 Å². The van der Waals surface area contributed by atoms with Crippen LogP contribution in [0.5, 0.6) is 0 Å². The van der Waals surface area contributed by atoms with Crippen molar-refractivity contribution in [3.63, 3.8) is 0 Å². The molecule has 3 rings (SSSR count). The smallest absolute Gasteiger partial charge is 0.126 e. The van der Waals surface area contributed by atoms with E-state index in [4.69, 9.17) is 0 Å². The third kappa shape index (κ3) is 4.39. The Morgan fingerprint density at radius 3 is 2.60 bits per heavy atom. The molecule has 0 bridgehead atoms. The lowest BCUT2D eigenvalue weighted by molar-refractivity contribution is 0.532. The first kappa shape index (κ1) is 17.9. The maximum Gasteiger partial charge on any atom is 0.126 e. The van der Waals surface area contributed by atoms with Gasteiger partial charge in [0.05, 0.1) is 0 Å². The highest BCUT2D eigenvalue weighted by Crippen LogP contribution is 2.34. The summed E-state index contributed by atoms with van der Waals surface area (Å²) in [6.45, 7) is 4.21. The fraction of sp³-hybridized carbons (Fsp3) is 0.417. The molecule has 0 saturated carbocycles. The summed E-state index contributed by atoms with van der Waals surface area (Å²) >= 11 is 0. The molecule has 0 N–H and O–H groups in total. The Morgan fingerprint density at radius 2 is 1.84 bits per heavy atom. The first-order valence-corrected chi connectivity index (χ1v) is 9.71. The number of aryl methyl sites for hydroxylation is 3. The molecule has 0 fully saturated rings. The molecule has 1 aliphatic rings. The number of hydrogen-bond acceptors (Lipinski definition) is 0. The number of rotatable bonds is 6. The second-order valence-corrected chi connectivity index (χ2v) is 7.26. The fourth-order valence-electron chi connectivity index (χ4n) is 3.99. The lowest BCUT2D eigenvalue weighted by Crippen LogP contribution is -2.14. The highest BCUT2D eigenvalue weighted by Gasteiger charge is 2.22. The summed E-state index contributed by atoms with van der Waals surface area (Å²) in [5.74, 6) is 0.305. The third-order valence-corrected chi connectivity index (χ3v) is 5.38. The minimum atomic E-state index is -0.0117. The minimum absolute atomic E-state index is 0.0117. The molecule has 0 spiro atoms. The zero-order chi connectivity index (χ0) is 17.6. The maximum absolute atomic E-state index is 14.6. The van der Waals surface area contributed by atoms with Crippen LogP contribution >= 0.6 is 0 Å². The quantitative estimate of drug-likeness (QED) is 0.524. The van der Waals surface area contributed by atoms with Gasteiger partial charge >= 0.3 is 0 Å². The van der Waals surface area contributed by atoms with Gasteiger partial charge in [0, 0.05) is 0 Å². The Hall–Kier alpha value is -1.89. The predicted octanol–water partition coefficient (Wildman–Crippen LogP) is 6.56. The molecule has 0 heterocycles. The van der Waals surface area contributed by atoms with Crippen molar-refractivity contribution in [1.82, 2.24) is 0 Å². The first-order chi connectivity index (χ1) is 12.2. The van der Waals surface area contributed by atoms with Crippen LogP contribution in [-0.2, 0) is 25.7 Å². The number of benzene rings is 2. The van der Waals surface area contributed by atoms with Crippen LogP contribution in [0.1, 0.15) is 66.8 Å². The van der Waals surface area contributed by atoms with E-state index in [2.05, 4.69) is 50.3 Å². The van der Waals surface area contributed by atoms with Gasteiger partial charge < -0.3 is 0 Å². The van der Waals surface area contributed by atoms with E-state index in [1.165, 1.54) is 16.7 Å². The van der Waals surface area contributed by atoms with Gasteiger partial charge in [-0.25, -0.2) is 4.39 Å². The van der Waals surface area contributed by atoms with E-state index in [0.717, 1.165) is 56.1 Å². The van der Waals surface area contributed by atoms with Crippen LogP contribution in [0.4, 0.5) is 4.39 Å². The molecule has 0 saturated heterocycles. The first-order valence-electron chi connectivity index (χ1n) is 9.71. The van der Waals surface area contributed by atoms with E-state index in [9.17, 15) is 4.39 Å². The van der Waals surface area contributed by atoms with Crippen molar-refractivity contribution >= 4 is 0 Å². The van der Waals surface area contributed by atoms with Gasteiger partial charge in [-0.15, -0.1) is 0 Å². The minimum Gasteiger partial charge on any atom is -0.207 e.